The molecule has 0 bridgehead atoms. The first kappa shape index (κ1) is 13.7. The molecule has 0 radical (unpaired) electrons. The maximum Gasteiger partial charge on any atom is 0.0819 e. The minimum absolute atomic E-state index is 0.481. The summed E-state index contributed by atoms with van der Waals surface area (Å²) >= 11 is 0. The molecule has 2 aliphatic rings. The van der Waals surface area contributed by atoms with Crippen molar-refractivity contribution in [3.8, 4) is 0 Å². The van der Waals surface area contributed by atoms with Crippen molar-refractivity contribution in [2.45, 2.75) is 50.5 Å². The Kier molecular flexibility index (Phi) is 4.16. The summed E-state index contributed by atoms with van der Waals surface area (Å²) in [6, 6.07) is 8.68. The van der Waals surface area contributed by atoms with Crippen molar-refractivity contribution in [1.29, 1.82) is 0 Å². The highest BCUT2D eigenvalue weighted by Gasteiger charge is 2.30. The van der Waals surface area contributed by atoms with Gasteiger partial charge in [0.15, 0.2) is 0 Å². The minimum Gasteiger partial charge on any atom is -0.388 e. The lowest BCUT2D eigenvalue weighted by Crippen LogP contribution is -2.33. The van der Waals surface area contributed by atoms with Gasteiger partial charge in [0.25, 0.3) is 0 Å². The Morgan fingerprint density at radius 3 is 2.25 bits per heavy atom. The van der Waals surface area contributed by atoms with Crippen LogP contribution in [-0.2, 0) is 0 Å². The molecule has 1 heterocycles. The fourth-order valence-electron chi connectivity index (χ4n) is 3.42. The van der Waals surface area contributed by atoms with Crippen molar-refractivity contribution in [2.75, 3.05) is 29.9 Å². The molecule has 3 heteroatoms. The van der Waals surface area contributed by atoms with E-state index in [1.165, 1.54) is 38.0 Å². The molecule has 1 aliphatic carbocycles. The van der Waals surface area contributed by atoms with Crippen LogP contribution in [0, 0.1) is 0 Å². The molecule has 0 unspecified atom stereocenters. The summed E-state index contributed by atoms with van der Waals surface area (Å²) in [4.78, 5) is 2.47. The van der Waals surface area contributed by atoms with Gasteiger partial charge in [-0.1, -0.05) is 12.8 Å². The summed E-state index contributed by atoms with van der Waals surface area (Å²) in [5.41, 5.74) is 1.96. The first-order valence-electron chi connectivity index (χ1n) is 8.07. The maximum absolute atomic E-state index is 10.3. The third-order valence-electron chi connectivity index (χ3n) is 4.74. The highest BCUT2D eigenvalue weighted by molar-refractivity contribution is 5.55. The molecular weight excluding hydrogens is 248 g/mol. The van der Waals surface area contributed by atoms with Crippen LogP contribution in [0.4, 0.5) is 11.4 Å². The second-order valence-corrected chi connectivity index (χ2v) is 6.38. The van der Waals surface area contributed by atoms with E-state index >= 15 is 0 Å². The van der Waals surface area contributed by atoms with Crippen LogP contribution in [0.1, 0.15) is 44.9 Å². The zero-order valence-corrected chi connectivity index (χ0v) is 12.3. The largest absolute Gasteiger partial charge is 0.388 e. The first-order valence-corrected chi connectivity index (χ1v) is 8.07. The maximum atomic E-state index is 10.3. The second-order valence-electron chi connectivity index (χ2n) is 6.38. The number of nitrogens with zero attached hydrogens (tertiary/aromatic N) is 1. The van der Waals surface area contributed by atoms with Gasteiger partial charge in [-0.2, -0.15) is 0 Å². The number of hydrogen-bond acceptors (Lipinski definition) is 3. The second kappa shape index (κ2) is 6.04. The van der Waals surface area contributed by atoms with Crippen molar-refractivity contribution < 1.29 is 5.11 Å². The fourth-order valence-corrected chi connectivity index (χ4v) is 3.42. The topological polar surface area (TPSA) is 35.5 Å². The molecule has 1 saturated heterocycles. The lowest BCUT2D eigenvalue weighted by atomic mass is 10.0. The van der Waals surface area contributed by atoms with Gasteiger partial charge in [-0.15, -0.1) is 0 Å². The standard InChI is InChI=1S/C17H26N2O/c20-17(10-2-3-11-17)14-18-15-6-8-16(9-7-15)19-12-4-1-5-13-19/h6-9,18,20H,1-5,10-14H2. The Balaban J connectivity index is 1.55. The van der Waals surface area contributed by atoms with Gasteiger partial charge in [0, 0.05) is 31.0 Å². The fraction of sp³-hybridized carbons (Fsp3) is 0.647. The van der Waals surface area contributed by atoms with Gasteiger partial charge >= 0.3 is 0 Å². The van der Waals surface area contributed by atoms with Gasteiger partial charge in [-0.05, 0) is 56.4 Å². The average Bonchev–Trinajstić information content (AvgIpc) is 2.94. The molecule has 0 amide bonds. The molecular formula is C17H26N2O. The average molecular weight is 274 g/mol. The Morgan fingerprint density at radius 2 is 1.60 bits per heavy atom. The molecule has 1 aromatic carbocycles. The van der Waals surface area contributed by atoms with Crippen LogP contribution >= 0.6 is 0 Å². The predicted octanol–water partition coefficient (Wildman–Crippen LogP) is 3.39. The van der Waals surface area contributed by atoms with Crippen LogP contribution in [0.3, 0.4) is 0 Å². The number of aliphatic hydroxyl groups is 1. The molecule has 1 aliphatic heterocycles. The van der Waals surface area contributed by atoms with Crippen molar-refractivity contribution in [1.82, 2.24) is 0 Å². The lowest BCUT2D eigenvalue weighted by Gasteiger charge is -2.29. The zero-order chi connectivity index (χ0) is 13.8. The summed E-state index contributed by atoms with van der Waals surface area (Å²) in [5.74, 6) is 0. The predicted molar refractivity (Wildman–Crippen MR) is 84.4 cm³/mol. The summed E-state index contributed by atoms with van der Waals surface area (Å²) in [7, 11) is 0. The van der Waals surface area contributed by atoms with Crippen LogP contribution in [0.15, 0.2) is 24.3 Å². The van der Waals surface area contributed by atoms with Crippen LogP contribution in [0.2, 0.25) is 0 Å². The van der Waals surface area contributed by atoms with Crippen LogP contribution < -0.4 is 10.2 Å². The molecule has 1 saturated carbocycles. The molecule has 0 spiro atoms. The molecule has 1 aromatic rings. The smallest absolute Gasteiger partial charge is 0.0819 e. The van der Waals surface area contributed by atoms with Gasteiger partial charge in [-0.25, -0.2) is 0 Å². The summed E-state index contributed by atoms with van der Waals surface area (Å²) in [6.45, 7) is 3.05. The van der Waals surface area contributed by atoms with Crippen molar-refractivity contribution >= 4 is 11.4 Å². The van der Waals surface area contributed by atoms with Gasteiger partial charge in [0.2, 0.25) is 0 Å². The first-order chi connectivity index (χ1) is 9.75. The lowest BCUT2D eigenvalue weighted by molar-refractivity contribution is 0.0615. The van der Waals surface area contributed by atoms with E-state index in [0.717, 1.165) is 31.4 Å². The number of hydrogen-bond donors (Lipinski definition) is 2. The summed E-state index contributed by atoms with van der Waals surface area (Å²) in [5, 5.41) is 13.7. The van der Waals surface area contributed by atoms with Crippen molar-refractivity contribution in [3.05, 3.63) is 24.3 Å². The van der Waals surface area contributed by atoms with E-state index in [4.69, 9.17) is 0 Å². The highest BCUT2D eigenvalue weighted by Crippen LogP contribution is 2.30. The van der Waals surface area contributed by atoms with Crippen LogP contribution in [-0.4, -0.2) is 30.3 Å². The number of nitrogens with one attached hydrogen (secondary N) is 1. The Labute approximate surface area is 122 Å². The minimum atomic E-state index is -0.481. The quantitative estimate of drug-likeness (QED) is 0.883. The Bertz CT molecular complexity index is 417. The third-order valence-corrected chi connectivity index (χ3v) is 4.74. The van der Waals surface area contributed by atoms with Crippen molar-refractivity contribution in [3.63, 3.8) is 0 Å². The molecule has 2 fully saturated rings. The molecule has 110 valence electrons. The van der Waals surface area contributed by atoms with E-state index < -0.39 is 5.60 Å². The number of piperidine rings is 1. The van der Waals surface area contributed by atoms with Crippen LogP contribution in [0.25, 0.3) is 0 Å². The highest BCUT2D eigenvalue weighted by atomic mass is 16.3. The normalized spacial score (nSPS) is 21.9. The van der Waals surface area contributed by atoms with E-state index in [1.807, 2.05) is 0 Å². The molecule has 0 atom stereocenters. The number of anilines is 2. The van der Waals surface area contributed by atoms with E-state index in [9.17, 15) is 5.11 Å². The summed E-state index contributed by atoms with van der Waals surface area (Å²) in [6.07, 6.45) is 8.19. The van der Waals surface area contributed by atoms with E-state index in [-0.39, 0.29) is 0 Å². The zero-order valence-electron chi connectivity index (χ0n) is 12.3. The number of rotatable bonds is 4. The third kappa shape index (κ3) is 3.26. The Hall–Kier alpha value is -1.22. The SMILES string of the molecule is OC1(CNc2ccc(N3CCCCC3)cc2)CCCC1. The molecule has 0 aromatic heterocycles. The van der Waals surface area contributed by atoms with Gasteiger partial charge in [-0.3, -0.25) is 0 Å². The summed E-state index contributed by atoms with van der Waals surface area (Å²) < 4.78 is 0. The van der Waals surface area contributed by atoms with E-state index in [2.05, 4.69) is 34.5 Å². The van der Waals surface area contributed by atoms with Gasteiger partial charge in [0.05, 0.1) is 5.60 Å². The van der Waals surface area contributed by atoms with Crippen molar-refractivity contribution in [2.24, 2.45) is 0 Å². The monoisotopic (exact) mass is 274 g/mol. The molecule has 3 rings (SSSR count). The Morgan fingerprint density at radius 1 is 0.950 bits per heavy atom. The molecule has 20 heavy (non-hydrogen) atoms. The van der Waals surface area contributed by atoms with Gasteiger partial charge in [0.1, 0.15) is 0 Å². The van der Waals surface area contributed by atoms with Crippen LogP contribution in [0.5, 0.6) is 0 Å². The molecule has 2 N–H and O–H groups in total. The molecule has 3 nitrogen and oxygen atoms in total. The van der Waals surface area contributed by atoms with Gasteiger partial charge < -0.3 is 15.3 Å². The van der Waals surface area contributed by atoms with E-state index in [0.29, 0.717) is 6.54 Å². The number of benzene rings is 1. The van der Waals surface area contributed by atoms with E-state index in [1.54, 1.807) is 0 Å².